The van der Waals surface area contributed by atoms with E-state index < -0.39 is 0 Å². The lowest BCUT2D eigenvalue weighted by Crippen LogP contribution is -2.58. The molecule has 0 bridgehead atoms. The second-order valence-electron chi connectivity index (χ2n) is 5.09. The van der Waals surface area contributed by atoms with Crippen LogP contribution in [-0.2, 0) is 14.3 Å². The molecule has 21 heavy (non-hydrogen) atoms. The molecule has 6 nitrogen and oxygen atoms in total. The Kier molecular flexibility index (Phi) is 4.52. The van der Waals surface area contributed by atoms with Crippen molar-refractivity contribution >= 4 is 23.2 Å². The number of morpholine rings is 1. The first kappa shape index (κ1) is 14.5. The zero-order chi connectivity index (χ0) is 14.7. The SMILES string of the molecule is O=C(NCC(=O)N1CCO[C@@H]2COCC[C@@H]21)c1cccs1. The van der Waals surface area contributed by atoms with Gasteiger partial charge in [-0.1, -0.05) is 6.07 Å². The highest BCUT2D eigenvalue weighted by molar-refractivity contribution is 7.12. The van der Waals surface area contributed by atoms with E-state index in [-0.39, 0.29) is 30.5 Å². The average molecular weight is 310 g/mol. The van der Waals surface area contributed by atoms with E-state index in [0.717, 1.165) is 6.42 Å². The maximum Gasteiger partial charge on any atom is 0.261 e. The van der Waals surface area contributed by atoms with E-state index in [1.807, 2.05) is 16.3 Å². The molecule has 0 radical (unpaired) electrons. The van der Waals surface area contributed by atoms with Crippen LogP contribution in [0.25, 0.3) is 0 Å². The number of thiophene rings is 1. The number of nitrogens with one attached hydrogen (secondary N) is 1. The van der Waals surface area contributed by atoms with Gasteiger partial charge in [-0.15, -0.1) is 11.3 Å². The van der Waals surface area contributed by atoms with Gasteiger partial charge in [-0.2, -0.15) is 0 Å². The van der Waals surface area contributed by atoms with E-state index in [4.69, 9.17) is 9.47 Å². The van der Waals surface area contributed by atoms with Crippen molar-refractivity contribution < 1.29 is 19.1 Å². The summed E-state index contributed by atoms with van der Waals surface area (Å²) in [4.78, 5) is 26.6. The van der Waals surface area contributed by atoms with Crippen LogP contribution >= 0.6 is 11.3 Å². The molecule has 0 spiro atoms. The fourth-order valence-electron chi connectivity index (χ4n) is 2.75. The van der Waals surface area contributed by atoms with Gasteiger partial charge in [-0.25, -0.2) is 0 Å². The molecule has 7 heteroatoms. The first-order valence-electron chi connectivity index (χ1n) is 7.06. The van der Waals surface area contributed by atoms with Gasteiger partial charge in [0.05, 0.1) is 30.7 Å². The van der Waals surface area contributed by atoms with Crippen molar-refractivity contribution in [3.8, 4) is 0 Å². The molecule has 2 saturated heterocycles. The first-order chi connectivity index (χ1) is 10.3. The predicted molar refractivity (Wildman–Crippen MR) is 77.3 cm³/mol. The molecule has 2 aliphatic rings. The second-order valence-corrected chi connectivity index (χ2v) is 6.03. The van der Waals surface area contributed by atoms with E-state index >= 15 is 0 Å². The van der Waals surface area contributed by atoms with Crippen molar-refractivity contribution in [3.63, 3.8) is 0 Å². The Morgan fingerprint density at radius 1 is 1.43 bits per heavy atom. The van der Waals surface area contributed by atoms with Crippen LogP contribution in [0.2, 0.25) is 0 Å². The second kappa shape index (κ2) is 6.55. The summed E-state index contributed by atoms with van der Waals surface area (Å²) in [5.74, 6) is -0.254. The summed E-state index contributed by atoms with van der Waals surface area (Å²) in [6, 6.07) is 3.63. The Morgan fingerprint density at radius 2 is 2.33 bits per heavy atom. The molecule has 0 aliphatic carbocycles. The first-order valence-corrected chi connectivity index (χ1v) is 7.94. The molecule has 0 unspecified atom stereocenters. The number of hydrogen-bond donors (Lipinski definition) is 1. The molecule has 114 valence electrons. The van der Waals surface area contributed by atoms with Crippen LogP contribution in [0.4, 0.5) is 0 Å². The third-order valence-corrected chi connectivity index (χ3v) is 4.67. The average Bonchev–Trinajstić information content (AvgIpc) is 3.06. The van der Waals surface area contributed by atoms with Crippen molar-refractivity contribution in [2.45, 2.75) is 18.6 Å². The molecule has 1 N–H and O–H groups in total. The number of carbonyl (C=O) groups is 2. The topological polar surface area (TPSA) is 67.9 Å². The zero-order valence-corrected chi connectivity index (χ0v) is 12.4. The standard InChI is InChI=1S/C14H18N2O4S/c17-13(8-15-14(18)12-2-1-7-21-12)16-4-6-20-11-9-19-5-3-10(11)16/h1-2,7,10-11H,3-6,8-9H2,(H,15,18)/t10-,11+/m0/s1. The number of rotatable bonds is 3. The van der Waals surface area contributed by atoms with E-state index in [9.17, 15) is 9.59 Å². The third-order valence-electron chi connectivity index (χ3n) is 3.80. The molecule has 3 rings (SSSR count). The molecule has 2 amide bonds. The summed E-state index contributed by atoms with van der Waals surface area (Å²) in [5, 5.41) is 4.52. The lowest BCUT2D eigenvalue weighted by Gasteiger charge is -2.43. The van der Waals surface area contributed by atoms with Gasteiger partial charge >= 0.3 is 0 Å². The Bertz CT molecular complexity index is 503. The lowest BCUT2D eigenvalue weighted by atomic mass is 10.0. The lowest BCUT2D eigenvalue weighted by molar-refractivity contribution is -0.160. The maximum atomic E-state index is 12.3. The number of hydrogen-bond acceptors (Lipinski definition) is 5. The van der Waals surface area contributed by atoms with Crippen molar-refractivity contribution in [2.75, 3.05) is 32.9 Å². The normalized spacial score (nSPS) is 25.2. The molecule has 2 atom stereocenters. The van der Waals surface area contributed by atoms with Gasteiger partial charge in [0.1, 0.15) is 6.10 Å². The van der Waals surface area contributed by atoms with Crippen LogP contribution in [0.1, 0.15) is 16.1 Å². The summed E-state index contributed by atoms with van der Waals surface area (Å²) in [6.07, 6.45) is 0.749. The van der Waals surface area contributed by atoms with Crippen LogP contribution in [0.15, 0.2) is 17.5 Å². The Labute approximate surface area is 127 Å². The number of nitrogens with zero attached hydrogens (tertiary/aromatic N) is 1. The highest BCUT2D eigenvalue weighted by atomic mass is 32.1. The van der Waals surface area contributed by atoms with E-state index in [1.165, 1.54) is 11.3 Å². The minimum absolute atomic E-state index is 0.0286. The zero-order valence-electron chi connectivity index (χ0n) is 11.6. The van der Waals surface area contributed by atoms with Crippen molar-refractivity contribution in [1.29, 1.82) is 0 Å². The van der Waals surface area contributed by atoms with Gasteiger partial charge in [0.15, 0.2) is 0 Å². The summed E-state index contributed by atoms with van der Waals surface area (Å²) in [7, 11) is 0. The summed E-state index contributed by atoms with van der Waals surface area (Å²) < 4.78 is 11.0. The highest BCUT2D eigenvalue weighted by Crippen LogP contribution is 2.21. The Morgan fingerprint density at radius 3 is 3.14 bits per heavy atom. The Hall–Kier alpha value is -1.44. The van der Waals surface area contributed by atoms with Gasteiger partial charge in [-0.3, -0.25) is 9.59 Å². The number of ether oxygens (including phenoxy) is 2. The van der Waals surface area contributed by atoms with Gasteiger partial charge in [-0.05, 0) is 17.9 Å². The summed E-state index contributed by atoms with van der Waals surface area (Å²) in [5.41, 5.74) is 0. The van der Waals surface area contributed by atoms with E-state index in [2.05, 4.69) is 5.32 Å². The molecule has 1 aromatic heterocycles. The van der Waals surface area contributed by atoms with Crippen LogP contribution in [0, 0.1) is 0 Å². The minimum atomic E-state index is -0.199. The smallest absolute Gasteiger partial charge is 0.261 e. The van der Waals surface area contributed by atoms with Gasteiger partial charge in [0.2, 0.25) is 5.91 Å². The van der Waals surface area contributed by atoms with Crippen LogP contribution in [0.3, 0.4) is 0 Å². The van der Waals surface area contributed by atoms with Gasteiger partial charge in [0, 0.05) is 13.2 Å². The van der Waals surface area contributed by atoms with Gasteiger partial charge < -0.3 is 19.7 Å². The quantitative estimate of drug-likeness (QED) is 0.882. The van der Waals surface area contributed by atoms with E-state index in [0.29, 0.717) is 31.2 Å². The van der Waals surface area contributed by atoms with Crippen molar-refractivity contribution in [1.82, 2.24) is 10.2 Å². The number of carbonyl (C=O) groups excluding carboxylic acids is 2. The molecule has 0 saturated carbocycles. The minimum Gasteiger partial charge on any atom is -0.379 e. The third kappa shape index (κ3) is 3.25. The van der Waals surface area contributed by atoms with Crippen LogP contribution in [-0.4, -0.2) is 61.8 Å². The molecule has 2 aliphatic heterocycles. The monoisotopic (exact) mass is 310 g/mol. The molecule has 2 fully saturated rings. The molecule has 1 aromatic rings. The predicted octanol–water partition coefficient (Wildman–Crippen LogP) is 0.494. The molecular formula is C14H18N2O4S. The van der Waals surface area contributed by atoms with Gasteiger partial charge in [0.25, 0.3) is 5.91 Å². The number of fused-ring (bicyclic) bond motifs is 1. The van der Waals surface area contributed by atoms with Crippen molar-refractivity contribution in [2.24, 2.45) is 0 Å². The van der Waals surface area contributed by atoms with Crippen molar-refractivity contribution in [3.05, 3.63) is 22.4 Å². The molecule has 3 heterocycles. The van der Waals surface area contributed by atoms with Crippen LogP contribution in [0.5, 0.6) is 0 Å². The molecule has 0 aromatic carbocycles. The summed E-state index contributed by atoms with van der Waals surface area (Å²) in [6.45, 7) is 2.32. The van der Waals surface area contributed by atoms with Crippen LogP contribution < -0.4 is 5.32 Å². The summed E-state index contributed by atoms with van der Waals surface area (Å²) >= 11 is 1.36. The fourth-order valence-corrected chi connectivity index (χ4v) is 3.39. The largest absolute Gasteiger partial charge is 0.379 e. The Balaban J connectivity index is 1.55. The maximum absolute atomic E-state index is 12.3. The molecular weight excluding hydrogens is 292 g/mol. The highest BCUT2D eigenvalue weighted by Gasteiger charge is 2.37. The number of amides is 2. The fraction of sp³-hybridized carbons (Fsp3) is 0.571. The van der Waals surface area contributed by atoms with E-state index in [1.54, 1.807) is 6.07 Å².